The molecule has 6 rings (SSSR count). The Hall–Kier alpha value is -4.35. The molecule has 200 valence electrons. The molecule has 4 aromatic carbocycles. The number of aromatic nitrogens is 2. The standard InChI is InChI=1S/C32H27FN3O3P/c1-22(37)29-20-31(38)36(40(39,27-9-5-3-6-10-27)28-11-7-4-8-12-28)32(29,2)24-13-18-30-23(19-24)21-34-35(30)26-16-14-25(33)15-17-26/h3-19,21,29H,20H2,1-2H3. The van der Waals surface area contributed by atoms with Crippen molar-refractivity contribution in [3.8, 4) is 5.69 Å². The third kappa shape index (κ3) is 3.92. The fourth-order valence-electron chi connectivity index (χ4n) is 5.96. The van der Waals surface area contributed by atoms with E-state index in [-0.39, 0.29) is 23.9 Å². The Morgan fingerprint density at radius 1 is 0.925 bits per heavy atom. The summed E-state index contributed by atoms with van der Waals surface area (Å²) in [4.78, 5) is 27.0. The number of Topliss-reactive ketones (excluding diaryl/α,β-unsaturated/α-hetero) is 1. The highest BCUT2D eigenvalue weighted by Gasteiger charge is 2.59. The monoisotopic (exact) mass is 551 g/mol. The van der Waals surface area contributed by atoms with E-state index in [1.807, 2.05) is 37.3 Å². The van der Waals surface area contributed by atoms with Crippen LogP contribution in [0.15, 0.2) is 109 Å². The summed E-state index contributed by atoms with van der Waals surface area (Å²) in [7, 11) is -3.72. The van der Waals surface area contributed by atoms with Gasteiger partial charge in [-0.15, -0.1) is 0 Å². The lowest BCUT2D eigenvalue weighted by molar-refractivity contribution is -0.125. The van der Waals surface area contributed by atoms with Crippen LogP contribution in [0.5, 0.6) is 0 Å². The number of halogens is 1. The quantitative estimate of drug-likeness (QED) is 0.252. The van der Waals surface area contributed by atoms with Crippen molar-refractivity contribution in [1.29, 1.82) is 0 Å². The summed E-state index contributed by atoms with van der Waals surface area (Å²) < 4.78 is 32.1. The molecule has 0 aliphatic carbocycles. The molecule has 40 heavy (non-hydrogen) atoms. The van der Waals surface area contributed by atoms with Crippen molar-refractivity contribution in [3.05, 3.63) is 121 Å². The van der Waals surface area contributed by atoms with Gasteiger partial charge in [0.1, 0.15) is 11.6 Å². The molecular formula is C32H27FN3O3P. The fourth-order valence-corrected chi connectivity index (χ4v) is 9.10. The molecular weight excluding hydrogens is 524 g/mol. The summed E-state index contributed by atoms with van der Waals surface area (Å²) in [5.74, 6) is -1.52. The highest BCUT2D eigenvalue weighted by molar-refractivity contribution is 7.77. The Morgan fingerprint density at radius 2 is 1.52 bits per heavy atom. The number of nitrogens with zero attached hydrogens (tertiary/aromatic N) is 3. The van der Waals surface area contributed by atoms with Crippen molar-refractivity contribution in [2.45, 2.75) is 25.8 Å². The van der Waals surface area contributed by atoms with Gasteiger partial charge in [0.15, 0.2) is 0 Å². The Labute approximate surface area is 231 Å². The zero-order valence-corrected chi connectivity index (χ0v) is 23.0. The molecule has 8 heteroatoms. The first-order chi connectivity index (χ1) is 19.2. The van der Waals surface area contributed by atoms with Gasteiger partial charge < -0.3 is 0 Å². The third-order valence-electron chi connectivity index (χ3n) is 7.94. The van der Waals surface area contributed by atoms with Gasteiger partial charge >= 0.3 is 0 Å². The summed E-state index contributed by atoms with van der Waals surface area (Å²) >= 11 is 0. The molecule has 5 aromatic rings. The van der Waals surface area contributed by atoms with Gasteiger partial charge in [-0.3, -0.25) is 18.8 Å². The second-order valence-corrected chi connectivity index (χ2v) is 12.9. The smallest absolute Gasteiger partial charge is 0.232 e. The van der Waals surface area contributed by atoms with E-state index in [1.54, 1.807) is 71.5 Å². The molecule has 1 amide bonds. The number of hydrogen-bond acceptors (Lipinski definition) is 4. The van der Waals surface area contributed by atoms with E-state index in [1.165, 1.54) is 23.7 Å². The maximum Gasteiger partial charge on any atom is 0.232 e. The van der Waals surface area contributed by atoms with E-state index in [9.17, 15) is 14.0 Å². The largest absolute Gasteiger partial charge is 0.300 e. The summed E-state index contributed by atoms with van der Waals surface area (Å²) in [6.45, 7) is 3.33. The zero-order chi connectivity index (χ0) is 28.1. The molecule has 2 heterocycles. The van der Waals surface area contributed by atoms with Crippen molar-refractivity contribution >= 4 is 40.5 Å². The Balaban J connectivity index is 1.56. The minimum Gasteiger partial charge on any atom is -0.300 e. The lowest BCUT2D eigenvalue weighted by Crippen LogP contribution is -2.47. The molecule has 1 aliphatic rings. The Bertz CT molecular complexity index is 1740. The second-order valence-electron chi connectivity index (χ2n) is 10.3. The second kappa shape index (κ2) is 9.68. The predicted molar refractivity (Wildman–Crippen MR) is 154 cm³/mol. The van der Waals surface area contributed by atoms with E-state index < -0.39 is 18.7 Å². The maximum absolute atomic E-state index is 15.4. The van der Waals surface area contributed by atoms with Gasteiger partial charge in [-0.25, -0.2) is 9.07 Å². The summed E-state index contributed by atoms with van der Waals surface area (Å²) in [5, 5.41) is 6.33. The van der Waals surface area contributed by atoms with Crippen LogP contribution in [0.25, 0.3) is 16.6 Å². The molecule has 2 atom stereocenters. The van der Waals surface area contributed by atoms with Gasteiger partial charge in [0.05, 0.1) is 28.9 Å². The first-order valence-corrected chi connectivity index (χ1v) is 14.7. The zero-order valence-electron chi connectivity index (χ0n) is 22.1. The van der Waals surface area contributed by atoms with Gasteiger partial charge in [-0.05, 0) is 80.1 Å². The number of benzene rings is 4. The highest BCUT2D eigenvalue weighted by Crippen LogP contribution is 2.60. The summed E-state index contributed by atoms with van der Waals surface area (Å²) in [6.07, 6.45) is 1.66. The number of carbonyl (C=O) groups is 2. The van der Waals surface area contributed by atoms with Crippen molar-refractivity contribution in [2.75, 3.05) is 0 Å². The molecule has 0 bridgehead atoms. The molecule has 1 fully saturated rings. The van der Waals surface area contributed by atoms with Crippen LogP contribution in [0.2, 0.25) is 0 Å². The number of fused-ring (bicyclic) bond motifs is 1. The lowest BCUT2D eigenvalue weighted by Gasteiger charge is -2.43. The summed E-state index contributed by atoms with van der Waals surface area (Å²) in [5.41, 5.74) is 0.976. The van der Waals surface area contributed by atoms with E-state index in [4.69, 9.17) is 0 Å². The lowest BCUT2D eigenvalue weighted by atomic mass is 9.79. The first-order valence-electron chi connectivity index (χ1n) is 13.0. The topological polar surface area (TPSA) is 72.3 Å². The molecule has 1 saturated heterocycles. The third-order valence-corrected chi connectivity index (χ3v) is 11.1. The van der Waals surface area contributed by atoms with Crippen LogP contribution in [0.3, 0.4) is 0 Å². The van der Waals surface area contributed by atoms with E-state index >= 15 is 4.57 Å². The molecule has 1 aliphatic heterocycles. The van der Waals surface area contributed by atoms with Crippen LogP contribution in [0.1, 0.15) is 25.8 Å². The SMILES string of the molecule is CC(=O)C1CC(=O)N(P(=O)(c2ccccc2)c2ccccc2)C1(C)c1ccc2c(cnn2-c2ccc(F)cc2)c1. The minimum atomic E-state index is -3.72. The molecule has 0 saturated carbocycles. The first kappa shape index (κ1) is 25.9. The van der Waals surface area contributed by atoms with Crippen molar-refractivity contribution in [1.82, 2.24) is 14.5 Å². The van der Waals surface area contributed by atoms with E-state index in [0.717, 1.165) is 10.9 Å². The average molecular weight is 552 g/mol. The van der Waals surface area contributed by atoms with Crippen LogP contribution in [-0.4, -0.2) is 26.1 Å². The van der Waals surface area contributed by atoms with Crippen molar-refractivity contribution in [2.24, 2.45) is 5.92 Å². The molecule has 6 nitrogen and oxygen atoms in total. The molecule has 1 aromatic heterocycles. The number of hydrogen-bond donors (Lipinski definition) is 0. The Kier molecular flexibility index (Phi) is 6.27. The summed E-state index contributed by atoms with van der Waals surface area (Å²) in [6, 6.07) is 29.7. The van der Waals surface area contributed by atoms with Gasteiger partial charge in [-0.2, -0.15) is 5.10 Å². The van der Waals surface area contributed by atoms with Gasteiger partial charge in [0, 0.05) is 22.4 Å². The molecule has 2 unspecified atom stereocenters. The van der Waals surface area contributed by atoms with Gasteiger partial charge in [0.25, 0.3) is 0 Å². The normalized spacial score (nSPS) is 19.3. The molecule has 0 N–H and O–H groups in total. The predicted octanol–water partition coefficient (Wildman–Crippen LogP) is 5.75. The molecule has 0 radical (unpaired) electrons. The fraction of sp³-hybridized carbons (Fsp3) is 0.156. The number of ketones is 1. The van der Waals surface area contributed by atoms with Crippen LogP contribution in [0.4, 0.5) is 4.39 Å². The number of carbonyl (C=O) groups excluding carboxylic acids is 2. The van der Waals surface area contributed by atoms with E-state index in [0.29, 0.717) is 21.9 Å². The highest BCUT2D eigenvalue weighted by atomic mass is 31.2. The number of rotatable bonds is 6. The average Bonchev–Trinajstić information content (AvgIpc) is 3.52. The maximum atomic E-state index is 15.4. The van der Waals surface area contributed by atoms with Crippen LogP contribution in [-0.2, 0) is 19.7 Å². The van der Waals surface area contributed by atoms with Crippen LogP contribution >= 0.6 is 7.29 Å². The van der Waals surface area contributed by atoms with Crippen molar-refractivity contribution < 1.29 is 18.5 Å². The van der Waals surface area contributed by atoms with Crippen molar-refractivity contribution in [3.63, 3.8) is 0 Å². The van der Waals surface area contributed by atoms with Gasteiger partial charge in [-0.1, -0.05) is 42.5 Å². The van der Waals surface area contributed by atoms with E-state index in [2.05, 4.69) is 5.10 Å². The van der Waals surface area contributed by atoms with Gasteiger partial charge in [0.2, 0.25) is 13.2 Å². The van der Waals surface area contributed by atoms with Crippen LogP contribution in [0, 0.1) is 11.7 Å². The Morgan fingerprint density at radius 3 is 2.10 bits per heavy atom. The van der Waals surface area contributed by atoms with Crippen LogP contribution < -0.4 is 10.6 Å². The minimum absolute atomic E-state index is 0.0393. The molecule has 0 spiro atoms. The number of amides is 1.